The molecule has 4 heterocycles. The van der Waals surface area contributed by atoms with Crippen molar-refractivity contribution >= 4 is 17.0 Å². The number of nitrogens with zero attached hydrogens (tertiary/aromatic N) is 4. The zero-order valence-corrected chi connectivity index (χ0v) is 23.4. The molecule has 7 heteroatoms. The molecule has 0 fully saturated rings. The number of carbonyl (C=O) groups excluding carboxylic acids is 1. The van der Waals surface area contributed by atoms with E-state index in [1.165, 1.54) is 0 Å². The van der Waals surface area contributed by atoms with Crippen molar-refractivity contribution in [1.29, 1.82) is 0 Å². The maximum atomic E-state index is 12.5. The van der Waals surface area contributed by atoms with Crippen molar-refractivity contribution in [1.82, 2.24) is 19.7 Å². The van der Waals surface area contributed by atoms with Crippen LogP contribution in [-0.4, -0.2) is 31.8 Å². The fourth-order valence-corrected chi connectivity index (χ4v) is 5.30. The summed E-state index contributed by atoms with van der Waals surface area (Å²) in [4.78, 5) is 22.2. The van der Waals surface area contributed by atoms with Crippen LogP contribution in [0.15, 0.2) is 102 Å². The molecule has 0 bridgehead atoms. The van der Waals surface area contributed by atoms with Crippen LogP contribution in [-0.2, 0) is 4.74 Å². The average molecular weight is 543 g/mol. The van der Waals surface area contributed by atoms with Crippen LogP contribution in [0.3, 0.4) is 0 Å². The van der Waals surface area contributed by atoms with Gasteiger partial charge in [0, 0.05) is 35.3 Å². The standard InChI is InChI=1S/C34H30N4O3/c1-21(2)40-34(39)26-15-13-24(14-16-26)28-20-38(33(25-10-6-5-7-11-25)29-12-8-9-17-35-29)30-18-27(19-36-32(28)30)31-22(3)37-41-23(31)4/h5-21,33H,1-4H3/t33-/m1/s1. The second-order valence-electron chi connectivity index (χ2n) is 10.3. The van der Waals surface area contributed by atoms with Crippen LogP contribution in [0.1, 0.15) is 53.0 Å². The number of fused-ring (bicyclic) bond motifs is 1. The molecule has 204 valence electrons. The van der Waals surface area contributed by atoms with Gasteiger partial charge in [0.1, 0.15) is 11.8 Å². The zero-order chi connectivity index (χ0) is 28.5. The largest absolute Gasteiger partial charge is 0.459 e. The molecule has 0 aliphatic carbocycles. The van der Waals surface area contributed by atoms with Gasteiger partial charge in [-0.1, -0.05) is 53.7 Å². The maximum Gasteiger partial charge on any atom is 0.338 e. The van der Waals surface area contributed by atoms with Gasteiger partial charge in [-0.2, -0.15) is 0 Å². The molecule has 0 aliphatic rings. The van der Waals surface area contributed by atoms with Crippen molar-refractivity contribution < 1.29 is 14.1 Å². The van der Waals surface area contributed by atoms with Crippen LogP contribution in [0.2, 0.25) is 0 Å². The Hall–Kier alpha value is -5.04. The van der Waals surface area contributed by atoms with E-state index in [0.717, 1.165) is 56.0 Å². The monoisotopic (exact) mass is 542 g/mol. The smallest absolute Gasteiger partial charge is 0.338 e. The fraction of sp³-hybridized carbons (Fsp3) is 0.176. The normalized spacial score (nSPS) is 12.1. The molecule has 0 saturated heterocycles. The Morgan fingerprint density at radius 3 is 2.32 bits per heavy atom. The number of carbonyl (C=O) groups is 1. The molecule has 0 saturated carbocycles. The van der Waals surface area contributed by atoms with E-state index in [0.29, 0.717) is 5.56 Å². The molecule has 41 heavy (non-hydrogen) atoms. The van der Waals surface area contributed by atoms with Crippen LogP contribution in [0, 0.1) is 13.8 Å². The SMILES string of the molecule is Cc1noc(C)c1-c1cnc2c(-c3ccc(C(=O)OC(C)C)cc3)cn([C@H](c3ccccc3)c3ccccn3)c2c1. The van der Waals surface area contributed by atoms with Gasteiger partial charge in [0.05, 0.1) is 34.1 Å². The van der Waals surface area contributed by atoms with Gasteiger partial charge in [0.2, 0.25) is 0 Å². The van der Waals surface area contributed by atoms with E-state index in [1.807, 2.05) is 88.6 Å². The molecule has 0 N–H and O–H groups in total. The van der Waals surface area contributed by atoms with Crippen molar-refractivity contribution in [2.24, 2.45) is 0 Å². The highest BCUT2D eigenvalue weighted by Gasteiger charge is 2.24. The van der Waals surface area contributed by atoms with Gasteiger partial charge in [-0.15, -0.1) is 0 Å². The minimum Gasteiger partial charge on any atom is -0.459 e. The Kier molecular flexibility index (Phi) is 6.93. The molecule has 6 rings (SSSR count). The van der Waals surface area contributed by atoms with Crippen LogP contribution < -0.4 is 0 Å². The Labute approximate surface area is 238 Å². The van der Waals surface area contributed by atoms with Crippen LogP contribution >= 0.6 is 0 Å². The third kappa shape index (κ3) is 5.02. The molecule has 1 atom stereocenters. The summed E-state index contributed by atoms with van der Waals surface area (Å²) in [5.74, 6) is 0.408. The molecule has 7 nitrogen and oxygen atoms in total. The Morgan fingerprint density at radius 2 is 1.66 bits per heavy atom. The van der Waals surface area contributed by atoms with Gasteiger partial charge in [-0.3, -0.25) is 9.97 Å². The Morgan fingerprint density at radius 1 is 0.902 bits per heavy atom. The lowest BCUT2D eigenvalue weighted by atomic mass is 10.0. The van der Waals surface area contributed by atoms with E-state index in [1.54, 1.807) is 12.1 Å². The minimum absolute atomic E-state index is 0.183. The first-order valence-corrected chi connectivity index (χ1v) is 13.6. The lowest BCUT2D eigenvalue weighted by Crippen LogP contribution is -2.13. The van der Waals surface area contributed by atoms with Gasteiger partial charge in [-0.25, -0.2) is 4.79 Å². The number of aryl methyl sites for hydroxylation is 2. The van der Waals surface area contributed by atoms with E-state index < -0.39 is 0 Å². The summed E-state index contributed by atoms with van der Waals surface area (Å²) in [6.07, 6.45) is 5.64. The fourth-order valence-electron chi connectivity index (χ4n) is 5.30. The van der Waals surface area contributed by atoms with Crippen molar-refractivity contribution in [2.75, 3.05) is 0 Å². The van der Waals surface area contributed by atoms with Gasteiger partial charge in [-0.05, 0) is 69.2 Å². The number of rotatable bonds is 7. The second kappa shape index (κ2) is 10.8. The first kappa shape index (κ1) is 26.2. The van der Waals surface area contributed by atoms with Gasteiger partial charge in [0.15, 0.2) is 0 Å². The van der Waals surface area contributed by atoms with Crippen molar-refractivity contribution in [3.8, 4) is 22.3 Å². The molecule has 0 aliphatic heterocycles. The first-order valence-electron chi connectivity index (χ1n) is 13.6. The summed E-state index contributed by atoms with van der Waals surface area (Å²) in [5, 5.41) is 4.16. The zero-order valence-electron chi connectivity index (χ0n) is 23.4. The third-order valence-electron chi connectivity index (χ3n) is 7.13. The number of pyridine rings is 2. The number of benzene rings is 2. The molecular weight excluding hydrogens is 512 g/mol. The second-order valence-corrected chi connectivity index (χ2v) is 10.3. The summed E-state index contributed by atoms with van der Waals surface area (Å²) in [6.45, 7) is 7.53. The third-order valence-corrected chi connectivity index (χ3v) is 7.13. The number of hydrogen-bond donors (Lipinski definition) is 0. The summed E-state index contributed by atoms with van der Waals surface area (Å²) in [5.41, 5.74) is 8.89. The minimum atomic E-state index is -0.338. The van der Waals surface area contributed by atoms with Crippen molar-refractivity contribution in [3.63, 3.8) is 0 Å². The highest BCUT2D eigenvalue weighted by Crippen LogP contribution is 2.38. The topological polar surface area (TPSA) is 83.0 Å². The van der Waals surface area contributed by atoms with Gasteiger partial charge < -0.3 is 13.8 Å². The number of aromatic nitrogens is 4. The van der Waals surface area contributed by atoms with Crippen LogP contribution in [0.5, 0.6) is 0 Å². The first-order chi connectivity index (χ1) is 19.9. The molecule has 0 radical (unpaired) electrons. The molecular formula is C34H30N4O3. The number of esters is 1. The van der Waals surface area contributed by atoms with Gasteiger partial charge >= 0.3 is 5.97 Å². The summed E-state index contributed by atoms with van der Waals surface area (Å²) >= 11 is 0. The maximum absolute atomic E-state index is 12.5. The molecule has 0 amide bonds. The lowest BCUT2D eigenvalue weighted by Gasteiger charge is -2.20. The molecule has 4 aromatic heterocycles. The van der Waals surface area contributed by atoms with Crippen LogP contribution in [0.4, 0.5) is 0 Å². The van der Waals surface area contributed by atoms with Crippen LogP contribution in [0.25, 0.3) is 33.3 Å². The van der Waals surface area contributed by atoms with E-state index in [4.69, 9.17) is 19.2 Å². The Bertz CT molecular complexity index is 1760. The molecule has 6 aromatic rings. The molecule has 0 spiro atoms. The van der Waals surface area contributed by atoms with E-state index >= 15 is 0 Å². The van der Waals surface area contributed by atoms with E-state index in [9.17, 15) is 4.79 Å². The predicted octanol–water partition coefficient (Wildman–Crippen LogP) is 7.57. The number of hydrogen-bond acceptors (Lipinski definition) is 6. The summed E-state index contributed by atoms with van der Waals surface area (Å²) < 4.78 is 13.1. The predicted molar refractivity (Wildman–Crippen MR) is 159 cm³/mol. The Balaban J connectivity index is 1.57. The van der Waals surface area contributed by atoms with E-state index in [2.05, 4.69) is 34.1 Å². The number of ether oxygens (including phenoxy) is 1. The highest BCUT2D eigenvalue weighted by atomic mass is 16.5. The van der Waals surface area contributed by atoms with Crippen molar-refractivity contribution in [2.45, 2.75) is 39.8 Å². The molecule has 0 unspecified atom stereocenters. The van der Waals surface area contributed by atoms with E-state index in [-0.39, 0.29) is 18.1 Å². The quantitative estimate of drug-likeness (QED) is 0.194. The summed E-state index contributed by atoms with van der Waals surface area (Å²) in [6, 6.07) is 25.7. The summed E-state index contributed by atoms with van der Waals surface area (Å²) in [7, 11) is 0. The van der Waals surface area contributed by atoms with Gasteiger partial charge in [0.25, 0.3) is 0 Å². The molecule has 2 aromatic carbocycles. The highest BCUT2D eigenvalue weighted by molar-refractivity contribution is 5.96. The average Bonchev–Trinajstić information content (AvgIpc) is 3.52. The lowest BCUT2D eigenvalue weighted by molar-refractivity contribution is 0.0378. The van der Waals surface area contributed by atoms with Crippen molar-refractivity contribution in [3.05, 3.63) is 126 Å².